The van der Waals surface area contributed by atoms with Crippen LogP contribution in [0.15, 0.2) is 0 Å². The zero-order valence-electron chi connectivity index (χ0n) is 13.0. The first-order valence-corrected chi connectivity index (χ1v) is 7.07. The van der Waals surface area contributed by atoms with Crippen molar-refractivity contribution in [2.24, 2.45) is 0 Å². The third kappa shape index (κ3) is 4.96. The summed E-state index contributed by atoms with van der Waals surface area (Å²) in [7, 11) is 0. The highest BCUT2D eigenvalue weighted by molar-refractivity contribution is 6.30. The molecule has 0 unspecified atom stereocenters. The minimum Gasteiger partial charge on any atom is -0.361 e. The molecule has 2 N–H and O–H groups in total. The number of hydrogen-bond acceptors (Lipinski definition) is 4. The van der Waals surface area contributed by atoms with E-state index < -0.39 is 0 Å². The summed E-state index contributed by atoms with van der Waals surface area (Å²) in [5.41, 5.74) is 0.500. The van der Waals surface area contributed by atoms with Crippen molar-refractivity contribution in [1.29, 1.82) is 0 Å². The molecule has 112 valence electrons. The highest BCUT2D eigenvalue weighted by atomic mass is 35.5. The van der Waals surface area contributed by atoms with Crippen molar-refractivity contribution in [3.05, 3.63) is 16.5 Å². The SMILES string of the molecule is Cc1c(Cl)nc(C(C)C)nc1NCC(=O)NC(C)(C)C. The summed E-state index contributed by atoms with van der Waals surface area (Å²) in [5, 5.41) is 6.33. The van der Waals surface area contributed by atoms with Gasteiger partial charge in [-0.2, -0.15) is 0 Å². The van der Waals surface area contributed by atoms with Crippen LogP contribution in [0.1, 0.15) is 51.9 Å². The molecule has 0 saturated carbocycles. The van der Waals surface area contributed by atoms with E-state index in [4.69, 9.17) is 11.6 Å². The summed E-state index contributed by atoms with van der Waals surface area (Å²) < 4.78 is 0. The summed E-state index contributed by atoms with van der Waals surface area (Å²) in [6.07, 6.45) is 0. The molecule has 0 aliphatic rings. The smallest absolute Gasteiger partial charge is 0.239 e. The first-order valence-electron chi connectivity index (χ1n) is 6.69. The Morgan fingerprint density at radius 3 is 2.40 bits per heavy atom. The van der Waals surface area contributed by atoms with Gasteiger partial charge in [-0.15, -0.1) is 0 Å². The van der Waals surface area contributed by atoms with Gasteiger partial charge >= 0.3 is 0 Å². The fraction of sp³-hybridized carbons (Fsp3) is 0.643. The molecule has 20 heavy (non-hydrogen) atoms. The molecule has 0 aromatic carbocycles. The van der Waals surface area contributed by atoms with Gasteiger partial charge in [0.05, 0.1) is 6.54 Å². The number of amides is 1. The predicted molar refractivity (Wildman–Crippen MR) is 82.3 cm³/mol. The second-order valence-corrected chi connectivity index (χ2v) is 6.51. The molecule has 0 aliphatic heterocycles. The average Bonchev–Trinajstić information content (AvgIpc) is 2.28. The lowest BCUT2D eigenvalue weighted by molar-refractivity contribution is -0.120. The van der Waals surface area contributed by atoms with E-state index in [1.807, 2.05) is 41.5 Å². The summed E-state index contributed by atoms with van der Waals surface area (Å²) in [4.78, 5) is 20.4. The fourth-order valence-electron chi connectivity index (χ4n) is 1.56. The van der Waals surface area contributed by atoms with Gasteiger partial charge in [-0.3, -0.25) is 4.79 Å². The van der Waals surface area contributed by atoms with E-state index in [1.165, 1.54) is 0 Å². The molecule has 0 spiro atoms. The molecule has 0 fully saturated rings. The quantitative estimate of drug-likeness (QED) is 0.839. The van der Waals surface area contributed by atoms with E-state index in [9.17, 15) is 4.79 Å². The van der Waals surface area contributed by atoms with Gasteiger partial charge in [0.15, 0.2) is 0 Å². The Kier molecular flexibility index (Phi) is 5.34. The highest BCUT2D eigenvalue weighted by Crippen LogP contribution is 2.22. The standard InChI is InChI=1S/C14H23ClN4O/c1-8(2)12-17-11(15)9(3)13(18-12)16-7-10(20)19-14(4,5)6/h8H,7H2,1-6H3,(H,19,20)(H,16,17,18). The lowest BCUT2D eigenvalue weighted by atomic mass is 10.1. The number of rotatable bonds is 4. The van der Waals surface area contributed by atoms with Crippen molar-refractivity contribution in [3.63, 3.8) is 0 Å². The Morgan fingerprint density at radius 1 is 1.30 bits per heavy atom. The van der Waals surface area contributed by atoms with Crippen LogP contribution in [-0.4, -0.2) is 28.0 Å². The van der Waals surface area contributed by atoms with Crippen LogP contribution in [0, 0.1) is 6.92 Å². The molecule has 0 bridgehead atoms. The lowest BCUT2D eigenvalue weighted by Gasteiger charge is -2.21. The monoisotopic (exact) mass is 298 g/mol. The maximum atomic E-state index is 11.8. The van der Waals surface area contributed by atoms with Gasteiger partial charge in [-0.05, 0) is 27.7 Å². The zero-order chi connectivity index (χ0) is 15.5. The molecule has 1 aromatic heterocycles. The van der Waals surface area contributed by atoms with E-state index in [-0.39, 0.29) is 23.9 Å². The molecule has 5 nitrogen and oxygen atoms in total. The number of nitrogens with one attached hydrogen (secondary N) is 2. The maximum Gasteiger partial charge on any atom is 0.239 e. The van der Waals surface area contributed by atoms with Crippen LogP contribution in [0.4, 0.5) is 5.82 Å². The van der Waals surface area contributed by atoms with Gasteiger partial charge in [-0.1, -0.05) is 25.4 Å². The van der Waals surface area contributed by atoms with Crippen molar-refractivity contribution in [3.8, 4) is 0 Å². The molecule has 0 radical (unpaired) electrons. The van der Waals surface area contributed by atoms with Crippen LogP contribution in [0.2, 0.25) is 5.15 Å². The maximum absolute atomic E-state index is 11.8. The molecular weight excluding hydrogens is 276 g/mol. The molecule has 1 aromatic rings. The number of aromatic nitrogens is 2. The number of carbonyl (C=O) groups is 1. The number of hydrogen-bond donors (Lipinski definition) is 2. The molecule has 0 atom stereocenters. The minimum atomic E-state index is -0.250. The second-order valence-electron chi connectivity index (χ2n) is 6.15. The Bertz CT molecular complexity index is 495. The van der Waals surface area contributed by atoms with Gasteiger partial charge in [0.2, 0.25) is 5.91 Å². The van der Waals surface area contributed by atoms with Gasteiger partial charge in [0, 0.05) is 17.0 Å². The van der Waals surface area contributed by atoms with Crippen molar-refractivity contribution < 1.29 is 4.79 Å². The minimum absolute atomic E-state index is 0.0854. The van der Waals surface area contributed by atoms with Crippen molar-refractivity contribution in [2.45, 2.75) is 53.0 Å². The van der Waals surface area contributed by atoms with Crippen LogP contribution in [-0.2, 0) is 4.79 Å². The molecule has 0 saturated heterocycles. The number of anilines is 1. The van der Waals surface area contributed by atoms with Gasteiger partial charge in [0.25, 0.3) is 0 Å². The molecular formula is C14H23ClN4O. The third-order valence-electron chi connectivity index (χ3n) is 2.55. The van der Waals surface area contributed by atoms with Crippen molar-refractivity contribution in [1.82, 2.24) is 15.3 Å². The van der Waals surface area contributed by atoms with Gasteiger partial charge in [0.1, 0.15) is 16.8 Å². The average molecular weight is 299 g/mol. The summed E-state index contributed by atoms with van der Waals surface area (Å²) in [6, 6.07) is 0. The van der Waals surface area contributed by atoms with Crippen molar-refractivity contribution in [2.75, 3.05) is 11.9 Å². The van der Waals surface area contributed by atoms with Crippen LogP contribution < -0.4 is 10.6 Å². The molecule has 1 rings (SSSR count). The Labute approximate surface area is 125 Å². The number of carbonyl (C=O) groups excluding carboxylic acids is 1. The van der Waals surface area contributed by atoms with E-state index in [0.717, 1.165) is 5.56 Å². The Morgan fingerprint density at radius 2 is 1.90 bits per heavy atom. The molecule has 6 heteroatoms. The van der Waals surface area contributed by atoms with Crippen LogP contribution in [0.25, 0.3) is 0 Å². The molecule has 0 aliphatic carbocycles. The topological polar surface area (TPSA) is 66.9 Å². The summed E-state index contributed by atoms with van der Waals surface area (Å²) >= 11 is 6.09. The Balaban J connectivity index is 2.80. The summed E-state index contributed by atoms with van der Waals surface area (Å²) in [5.74, 6) is 1.37. The second kappa shape index (κ2) is 6.39. The Hall–Kier alpha value is -1.36. The van der Waals surface area contributed by atoms with Crippen LogP contribution in [0.3, 0.4) is 0 Å². The van der Waals surface area contributed by atoms with Gasteiger partial charge < -0.3 is 10.6 Å². The third-order valence-corrected chi connectivity index (χ3v) is 2.92. The van der Waals surface area contributed by atoms with E-state index in [0.29, 0.717) is 16.8 Å². The normalized spacial score (nSPS) is 11.6. The zero-order valence-corrected chi connectivity index (χ0v) is 13.7. The van der Waals surface area contributed by atoms with E-state index >= 15 is 0 Å². The van der Waals surface area contributed by atoms with Crippen LogP contribution in [0.5, 0.6) is 0 Å². The molecule has 1 heterocycles. The molecule has 1 amide bonds. The fourth-order valence-corrected chi connectivity index (χ4v) is 1.74. The first kappa shape index (κ1) is 16.7. The predicted octanol–water partition coefficient (Wildman–Crippen LogP) is 2.89. The number of halogens is 1. The highest BCUT2D eigenvalue weighted by Gasteiger charge is 2.15. The largest absolute Gasteiger partial charge is 0.361 e. The van der Waals surface area contributed by atoms with Crippen molar-refractivity contribution >= 4 is 23.3 Å². The van der Waals surface area contributed by atoms with E-state index in [2.05, 4.69) is 20.6 Å². The summed E-state index contributed by atoms with van der Waals surface area (Å²) in [6.45, 7) is 11.8. The number of nitrogens with zero attached hydrogens (tertiary/aromatic N) is 2. The van der Waals surface area contributed by atoms with Crippen LogP contribution >= 0.6 is 11.6 Å². The van der Waals surface area contributed by atoms with Gasteiger partial charge in [-0.25, -0.2) is 9.97 Å². The van der Waals surface area contributed by atoms with E-state index in [1.54, 1.807) is 0 Å². The first-order chi connectivity index (χ1) is 9.10. The lowest BCUT2D eigenvalue weighted by Crippen LogP contribution is -2.43.